The molecule has 0 N–H and O–H groups in total. The fraction of sp³-hybridized carbons (Fsp3) is 0. The Bertz CT molecular complexity index is 3270. The molecule has 0 unspecified atom stereocenters. The quantitative estimate of drug-likeness (QED) is 0.158. The maximum atomic E-state index is 2.39. The van der Waals surface area contributed by atoms with E-state index in [2.05, 4.69) is 240 Å². The van der Waals surface area contributed by atoms with Crippen molar-refractivity contribution >= 4 is 60.4 Å². The van der Waals surface area contributed by atoms with Gasteiger partial charge < -0.3 is 9.47 Å². The third kappa shape index (κ3) is 6.00. The lowest BCUT2D eigenvalue weighted by atomic mass is 9.96. The Labute approximate surface area is 338 Å². The average molecular weight is 739 g/mol. The van der Waals surface area contributed by atoms with Gasteiger partial charge in [-0.15, -0.1) is 0 Å². The van der Waals surface area contributed by atoms with Crippen LogP contribution in [0, 0.1) is 0 Å². The zero-order chi connectivity index (χ0) is 38.4. The highest BCUT2D eigenvalue weighted by Crippen LogP contribution is 2.41. The number of anilines is 3. The first-order valence-corrected chi connectivity index (χ1v) is 19.9. The van der Waals surface area contributed by atoms with Crippen molar-refractivity contribution < 1.29 is 0 Å². The number of nitrogens with zero attached hydrogens (tertiary/aromatic N) is 2. The van der Waals surface area contributed by atoms with Crippen LogP contribution in [0.2, 0.25) is 0 Å². The molecule has 0 aliphatic heterocycles. The van der Waals surface area contributed by atoms with Crippen molar-refractivity contribution in [2.45, 2.75) is 0 Å². The number of benzene rings is 10. The maximum Gasteiger partial charge on any atom is 0.0561 e. The van der Waals surface area contributed by atoms with E-state index in [4.69, 9.17) is 0 Å². The lowest BCUT2D eigenvalue weighted by Crippen LogP contribution is -2.10. The summed E-state index contributed by atoms with van der Waals surface area (Å²) in [6.45, 7) is 0. The molecular formula is C56H38N2. The van der Waals surface area contributed by atoms with Crippen LogP contribution in [0.4, 0.5) is 17.1 Å². The average Bonchev–Trinajstić information content (AvgIpc) is 3.63. The minimum atomic E-state index is 1.10. The predicted octanol–water partition coefficient (Wildman–Crippen LogP) is 15.6. The minimum Gasteiger partial charge on any atom is -0.310 e. The van der Waals surface area contributed by atoms with Crippen molar-refractivity contribution in [2.24, 2.45) is 0 Å². The highest BCUT2D eigenvalue weighted by Gasteiger charge is 2.18. The molecule has 0 radical (unpaired) electrons. The van der Waals surface area contributed by atoms with Gasteiger partial charge in [-0.05, 0) is 128 Å². The first-order chi connectivity index (χ1) is 28.7. The summed E-state index contributed by atoms with van der Waals surface area (Å²) < 4.78 is 2.39. The van der Waals surface area contributed by atoms with Crippen LogP contribution in [0.3, 0.4) is 0 Å². The number of aromatic nitrogens is 1. The second kappa shape index (κ2) is 14.1. The van der Waals surface area contributed by atoms with Gasteiger partial charge in [0.15, 0.2) is 0 Å². The Morgan fingerprint density at radius 1 is 0.259 bits per heavy atom. The summed E-state index contributed by atoms with van der Waals surface area (Å²) in [6, 6.07) is 83.7. The van der Waals surface area contributed by atoms with Crippen LogP contribution in [0.25, 0.3) is 82.4 Å². The topological polar surface area (TPSA) is 8.17 Å². The summed E-state index contributed by atoms with van der Waals surface area (Å²) in [5, 5.41) is 7.39. The number of hydrogen-bond acceptors (Lipinski definition) is 1. The fourth-order valence-corrected chi connectivity index (χ4v) is 8.63. The van der Waals surface area contributed by atoms with Crippen molar-refractivity contribution in [1.29, 1.82) is 0 Å². The van der Waals surface area contributed by atoms with Crippen molar-refractivity contribution in [3.05, 3.63) is 231 Å². The summed E-state index contributed by atoms with van der Waals surface area (Å²) in [4.78, 5) is 2.39. The molecule has 0 bridgehead atoms. The molecule has 58 heavy (non-hydrogen) atoms. The number of rotatable bonds is 7. The molecular weight excluding hydrogens is 701 g/mol. The van der Waals surface area contributed by atoms with Crippen LogP contribution in [-0.2, 0) is 0 Å². The smallest absolute Gasteiger partial charge is 0.0561 e. The second-order valence-corrected chi connectivity index (χ2v) is 15.0. The molecule has 0 atom stereocenters. The van der Waals surface area contributed by atoms with E-state index in [1.54, 1.807) is 0 Å². The SMILES string of the molecule is c1ccc(-c2ccc(N(c3ccc4cc(-c5cccc(-c6ccc7ccccc7c6)c5)ccc4c3)c3ccc4c5ccccc5n(-c5ccccc5)c4c3)cc2)cc1. The molecule has 0 spiro atoms. The Hall–Kier alpha value is -7.68. The molecule has 2 heteroatoms. The van der Waals surface area contributed by atoms with Crippen molar-refractivity contribution in [3.8, 4) is 39.1 Å². The van der Waals surface area contributed by atoms with Crippen LogP contribution in [0.1, 0.15) is 0 Å². The lowest BCUT2D eigenvalue weighted by Gasteiger charge is -2.26. The summed E-state index contributed by atoms with van der Waals surface area (Å²) in [5.74, 6) is 0. The molecule has 0 fully saturated rings. The molecule has 1 aromatic heterocycles. The van der Waals surface area contributed by atoms with E-state index in [1.807, 2.05) is 0 Å². The molecule has 0 amide bonds. The molecule has 0 saturated heterocycles. The fourth-order valence-electron chi connectivity index (χ4n) is 8.63. The third-order valence-corrected chi connectivity index (χ3v) is 11.5. The van der Waals surface area contributed by atoms with Crippen molar-refractivity contribution in [3.63, 3.8) is 0 Å². The van der Waals surface area contributed by atoms with Crippen molar-refractivity contribution in [2.75, 3.05) is 4.90 Å². The second-order valence-electron chi connectivity index (χ2n) is 15.0. The molecule has 0 aliphatic carbocycles. The van der Waals surface area contributed by atoms with E-state index in [0.717, 1.165) is 22.7 Å². The van der Waals surface area contributed by atoms with Crippen LogP contribution in [-0.4, -0.2) is 4.57 Å². The van der Waals surface area contributed by atoms with E-state index >= 15 is 0 Å². The summed E-state index contributed by atoms with van der Waals surface area (Å²) in [6.07, 6.45) is 0. The van der Waals surface area contributed by atoms with Gasteiger partial charge in [-0.1, -0.05) is 158 Å². The third-order valence-electron chi connectivity index (χ3n) is 11.5. The normalized spacial score (nSPS) is 11.4. The molecule has 11 aromatic rings. The monoisotopic (exact) mass is 738 g/mol. The Morgan fingerprint density at radius 2 is 0.741 bits per heavy atom. The predicted molar refractivity (Wildman–Crippen MR) is 247 cm³/mol. The van der Waals surface area contributed by atoms with Crippen LogP contribution < -0.4 is 4.90 Å². The number of fused-ring (bicyclic) bond motifs is 5. The maximum absolute atomic E-state index is 2.39. The minimum absolute atomic E-state index is 1.10. The van der Waals surface area contributed by atoms with E-state index < -0.39 is 0 Å². The molecule has 2 nitrogen and oxygen atoms in total. The van der Waals surface area contributed by atoms with E-state index in [-0.39, 0.29) is 0 Å². The van der Waals surface area contributed by atoms with Crippen LogP contribution in [0.5, 0.6) is 0 Å². The molecule has 0 aliphatic rings. The van der Waals surface area contributed by atoms with Gasteiger partial charge in [0, 0.05) is 33.5 Å². The van der Waals surface area contributed by atoms with E-state index in [1.165, 1.54) is 76.7 Å². The Balaban J connectivity index is 1.02. The number of hydrogen-bond donors (Lipinski definition) is 0. The summed E-state index contributed by atoms with van der Waals surface area (Å²) in [5.41, 5.74) is 14.1. The van der Waals surface area contributed by atoms with Gasteiger partial charge in [0.1, 0.15) is 0 Å². The van der Waals surface area contributed by atoms with Gasteiger partial charge in [0.25, 0.3) is 0 Å². The highest BCUT2D eigenvalue weighted by molar-refractivity contribution is 6.10. The zero-order valence-corrected chi connectivity index (χ0v) is 31.8. The molecule has 0 saturated carbocycles. The molecule has 10 aromatic carbocycles. The van der Waals surface area contributed by atoms with E-state index in [9.17, 15) is 0 Å². The zero-order valence-electron chi connectivity index (χ0n) is 31.8. The summed E-state index contributed by atoms with van der Waals surface area (Å²) >= 11 is 0. The molecule has 272 valence electrons. The standard InChI is InChI=1S/C56H38N2/c1-3-12-39(13-4-1)41-26-29-50(30-27-41)57(52-32-33-54-53-20-9-10-21-55(53)58(56(54)38-52)49-18-5-2-6-19-49)51-31-28-47-36-46(24-25-48(47)37-51)44-17-11-16-43(35-44)45-23-22-40-14-7-8-15-42(40)34-45/h1-38H. The van der Waals surface area contributed by atoms with Gasteiger partial charge in [-0.2, -0.15) is 0 Å². The van der Waals surface area contributed by atoms with Gasteiger partial charge in [-0.25, -0.2) is 0 Å². The van der Waals surface area contributed by atoms with Crippen LogP contribution >= 0.6 is 0 Å². The van der Waals surface area contributed by atoms with E-state index in [0.29, 0.717) is 0 Å². The summed E-state index contributed by atoms with van der Waals surface area (Å²) in [7, 11) is 0. The highest BCUT2D eigenvalue weighted by atomic mass is 15.1. The van der Waals surface area contributed by atoms with Crippen LogP contribution in [0.15, 0.2) is 231 Å². The van der Waals surface area contributed by atoms with Gasteiger partial charge in [0.2, 0.25) is 0 Å². The molecule has 11 rings (SSSR count). The Morgan fingerprint density at radius 3 is 1.52 bits per heavy atom. The Kier molecular flexibility index (Phi) is 8.19. The lowest BCUT2D eigenvalue weighted by molar-refractivity contribution is 1.18. The van der Waals surface area contributed by atoms with Gasteiger partial charge in [0.05, 0.1) is 11.0 Å². The molecule has 1 heterocycles. The van der Waals surface area contributed by atoms with Gasteiger partial charge >= 0.3 is 0 Å². The first-order valence-electron chi connectivity index (χ1n) is 19.9. The number of para-hydroxylation sites is 2. The first kappa shape index (κ1) is 33.6. The largest absolute Gasteiger partial charge is 0.310 e. The van der Waals surface area contributed by atoms with Crippen molar-refractivity contribution in [1.82, 2.24) is 4.57 Å². The van der Waals surface area contributed by atoms with Gasteiger partial charge in [-0.3, -0.25) is 0 Å².